The molecule has 0 aliphatic heterocycles. The topological polar surface area (TPSA) is 222 Å². The zero-order valence-electron chi connectivity index (χ0n) is 25.1. The van der Waals surface area contributed by atoms with Crippen molar-refractivity contribution in [1.82, 2.24) is 0 Å². The Bertz CT molecular complexity index is 2190. The van der Waals surface area contributed by atoms with Crippen molar-refractivity contribution in [2.45, 2.75) is 20.3 Å². The molecule has 12 nitrogen and oxygen atoms in total. The number of nitrogens with two attached hydrogens (primary N) is 1. The zero-order valence-corrected chi connectivity index (χ0v) is 25.1. The molecule has 6 aromatic rings. The minimum atomic E-state index is -1.41. The summed E-state index contributed by atoms with van der Waals surface area (Å²) in [6.07, 6.45) is 0.0839. The number of aryl methyl sites for hydroxylation is 2. The van der Waals surface area contributed by atoms with E-state index in [0.717, 1.165) is 41.1 Å². The number of benzene rings is 4. The Morgan fingerprint density at radius 1 is 0.617 bits per heavy atom. The van der Waals surface area contributed by atoms with Gasteiger partial charge >= 0.3 is 17.2 Å². The Morgan fingerprint density at radius 2 is 1.02 bits per heavy atom. The predicted molar refractivity (Wildman–Crippen MR) is 173 cm³/mol. The number of carboxylic acids is 1. The molecule has 0 unspecified atom stereocenters. The van der Waals surface area contributed by atoms with Crippen LogP contribution in [0.15, 0.2) is 103 Å². The maximum atomic E-state index is 12.3. The Labute approximate surface area is 265 Å². The second kappa shape index (κ2) is 14.0. The molecule has 0 spiro atoms. The lowest BCUT2D eigenvalue weighted by Crippen LogP contribution is -2.15. The third-order valence-corrected chi connectivity index (χ3v) is 6.75. The molecule has 12 heteroatoms. The standard InChI is InChI=1S/C18H14O5.C10H6O6.C7H9N/c1-10-2-4-11(5-3-10)6-14(19)13-7-12-8-15(20)16(21)9-17(12)23-18(13)22;11-6-2-4-1-5(9(13)14)10(15)16-8(4)3-7(6)12;1-6-2-4-7(8)5-3-6/h2-5,7-9,20-21H,6H2,1H3;1-3,11-12H,(H,13,14);2-5H,8H2,1H3. The SMILES string of the molecule is Cc1ccc(CC(=O)c2cc3cc(O)c(O)cc3oc2=O)cc1.Cc1ccc(N)cc1.O=C(O)c1cc2cc(O)c(O)cc2oc1=O. The highest BCUT2D eigenvalue weighted by molar-refractivity contribution is 5.99. The van der Waals surface area contributed by atoms with E-state index in [2.05, 4.69) is 4.42 Å². The van der Waals surface area contributed by atoms with Gasteiger partial charge in [0.05, 0.1) is 0 Å². The molecule has 0 amide bonds. The summed E-state index contributed by atoms with van der Waals surface area (Å²) in [6.45, 7) is 3.99. The van der Waals surface area contributed by atoms with Crippen molar-refractivity contribution in [3.05, 3.63) is 134 Å². The average molecular weight is 640 g/mol. The number of ketones is 1. The Kier molecular flexibility index (Phi) is 9.95. The van der Waals surface area contributed by atoms with E-state index < -0.39 is 34.3 Å². The summed E-state index contributed by atoms with van der Waals surface area (Å²) in [5.74, 6) is -3.38. The third-order valence-electron chi connectivity index (χ3n) is 6.75. The van der Waals surface area contributed by atoms with Crippen molar-refractivity contribution < 1.29 is 44.0 Å². The fourth-order valence-electron chi connectivity index (χ4n) is 4.18. The van der Waals surface area contributed by atoms with Crippen LogP contribution in [0.25, 0.3) is 21.9 Å². The van der Waals surface area contributed by atoms with Gasteiger partial charge in [-0.05, 0) is 55.8 Å². The van der Waals surface area contributed by atoms with Crippen molar-refractivity contribution in [3.63, 3.8) is 0 Å². The Balaban J connectivity index is 0.000000180. The number of anilines is 1. The number of nitrogen functional groups attached to an aromatic ring is 1. The number of phenols is 4. The number of carbonyl (C=O) groups is 2. The Morgan fingerprint density at radius 3 is 1.47 bits per heavy atom. The highest BCUT2D eigenvalue weighted by atomic mass is 16.4. The number of hydrogen-bond donors (Lipinski definition) is 6. The molecule has 7 N–H and O–H groups in total. The van der Waals surface area contributed by atoms with Gasteiger partial charge in [-0.15, -0.1) is 0 Å². The summed E-state index contributed by atoms with van der Waals surface area (Å²) in [5, 5.41) is 46.6. The molecule has 47 heavy (non-hydrogen) atoms. The second-order valence-electron chi connectivity index (χ2n) is 10.5. The predicted octanol–water partition coefficient (Wildman–Crippen LogP) is 5.42. The molecule has 0 aliphatic carbocycles. The summed E-state index contributed by atoms with van der Waals surface area (Å²) >= 11 is 0. The number of carboxylic acid groups (broad SMARTS) is 1. The number of aromatic hydroxyl groups is 4. The molecule has 0 fully saturated rings. The molecule has 0 aliphatic rings. The minimum Gasteiger partial charge on any atom is -0.504 e. The molecule has 0 bridgehead atoms. The number of carbonyl (C=O) groups excluding carboxylic acids is 1. The highest BCUT2D eigenvalue weighted by Crippen LogP contribution is 2.31. The first kappa shape index (κ1) is 33.3. The largest absolute Gasteiger partial charge is 0.504 e. The van der Waals surface area contributed by atoms with Crippen molar-refractivity contribution in [3.8, 4) is 23.0 Å². The molecular weight excluding hydrogens is 610 g/mol. The van der Waals surface area contributed by atoms with Crippen molar-refractivity contribution in [2.75, 3.05) is 5.73 Å². The van der Waals surface area contributed by atoms with Crippen LogP contribution < -0.4 is 17.0 Å². The number of phenolic OH excluding ortho intramolecular Hbond substituents is 4. The number of rotatable bonds is 4. The fraction of sp³-hybridized carbons (Fsp3) is 0.0857. The first-order valence-electron chi connectivity index (χ1n) is 13.9. The molecule has 0 saturated heterocycles. The molecule has 0 atom stereocenters. The lowest BCUT2D eigenvalue weighted by Gasteiger charge is -2.04. The van der Waals surface area contributed by atoms with Gasteiger partial charge in [0.25, 0.3) is 0 Å². The van der Waals surface area contributed by atoms with Crippen molar-refractivity contribution >= 4 is 39.4 Å². The first-order chi connectivity index (χ1) is 22.2. The molecule has 6 rings (SSSR count). The van der Waals surface area contributed by atoms with Crippen LogP contribution in [0.5, 0.6) is 23.0 Å². The molecule has 2 aromatic heterocycles. The molecule has 2 heterocycles. The average Bonchev–Trinajstić information content (AvgIpc) is 3.01. The summed E-state index contributed by atoms with van der Waals surface area (Å²) in [6, 6.07) is 22.2. The van der Waals surface area contributed by atoms with Gasteiger partial charge < -0.3 is 40.1 Å². The van der Waals surface area contributed by atoms with Gasteiger partial charge in [-0.2, -0.15) is 0 Å². The molecule has 0 saturated carbocycles. The highest BCUT2D eigenvalue weighted by Gasteiger charge is 2.16. The maximum Gasteiger partial charge on any atom is 0.351 e. The van der Waals surface area contributed by atoms with Crippen LogP contribution in [-0.2, 0) is 6.42 Å². The molecule has 4 aromatic carbocycles. The van der Waals surface area contributed by atoms with Gasteiger partial charge in [-0.3, -0.25) is 4.79 Å². The first-order valence-corrected chi connectivity index (χ1v) is 13.9. The molecule has 240 valence electrons. The maximum absolute atomic E-state index is 12.3. The van der Waals surface area contributed by atoms with E-state index in [4.69, 9.17) is 20.4 Å². The van der Waals surface area contributed by atoms with Gasteiger partial charge in [-0.25, -0.2) is 14.4 Å². The van der Waals surface area contributed by atoms with E-state index in [0.29, 0.717) is 5.39 Å². The summed E-state index contributed by atoms with van der Waals surface area (Å²) in [7, 11) is 0. The molecule has 0 radical (unpaired) electrons. The van der Waals surface area contributed by atoms with Gasteiger partial charge in [0.1, 0.15) is 22.3 Å². The lowest BCUT2D eigenvalue weighted by molar-refractivity contribution is 0.0692. The fourth-order valence-corrected chi connectivity index (χ4v) is 4.18. The number of hydrogen-bond acceptors (Lipinski definition) is 11. The van der Waals surface area contributed by atoms with Crippen LogP contribution in [0.1, 0.15) is 37.4 Å². The molecular formula is C35H29NO11. The van der Waals surface area contributed by atoms with Crippen molar-refractivity contribution in [1.29, 1.82) is 0 Å². The van der Waals surface area contributed by atoms with Crippen LogP contribution in [0.4, 0.5) is 5.69 Å². The van der Waals surface area contributed by atoms with E-state index in [1.807, 2.05) is 62.4 Å². The zero-order chi connectivity index (χ0) is 34.4. The van der Waals surface area contributed by atoms with E-state index in [1.54, 1.807) is 0 Å². The van der Waals surface area contributed by atoms with E-state index in [-0.39, 0.29) is 45.8 Å². The van der Waals surface area contributed by atoms with E-state index in [9.17, 15) is 34.5 Å². The number of Topliss-reactive ketones (excluding diaryl/α,β-unsaturated/α-hetero) is 1. The lowest BCUT2D eigenvalue weighted by atomic mass is 10.0. The van der Waals surface area contributed by atoms with E-state index in [1.165, 1.54) is 17.7 Å². The Hall–Kier alpha value is -6.56. The van der Waals surface area contributed by atoms with Gasteiger partial charge in [0, 0.05) is 35.0 Å². The van der Waals surface area contributed by atoms with Crippen molar-refractivity contribution in [2.24, 2.45) is 0 Å². The monoisotopic (exact) mass is 639 g/mol. The number of fused-ring (bicyclic) bond motifs is 2. The minimum absolute atomic E-state index is 0.00491. The van der Waals surface area contributed by atoms with E-state index >= 15 is 0 Å². The smallest absolute Gasteiger partial charge is 0.351 e. The summed E-state index contributed by atoms with van der Waals surface area (Å²) < 4.78 is 9.74. The second-order valence-corrected chi connectivity index (χ2v) is 10.5. The van der Waals surface area contributed by atoms with Crippen LogP contribution in [-0.4, -0.2) is 37.3 Å². The van der Waals surface area contributed by atoms with Crippen LogP contribution in [0.2, 0.25) is 0 Å². The number of aromatic carboxylic acids is 1. The summed E-state index contributed by atoms with van der Waals surface area (Å²) in [5.41, 5.74) is 7.12. The van der Waals surface area contributed by atoms with Crippen LogP contribution in [0.3, 0.4) is 0 Å². The van der Waals surface area contributed by atoms with Gasteiger partial charge in [-0.1, -0.05) is 47.5 Å². The third kappa shape index (κ3) is 8.34. The quantitative estimate of drug-likeness (QED) is 0.0616. The van der Waals surface area contributed by atoms with Crippen LogP contribution >= 0.6 is 0 Å². The van der Waals surface area contributed by atoms with Gasteiger partial charge in [0.2, 0.25) is 0 Å². The summed E-state index contributed by atoms with van der Waals surface area (Å²) in [4.78, 5) is 46.2. The van der Waals surface area contributed by atoms with Crippen LogP contribution in [0, 0.1) is 13.8 Å². The normalized spacial score (nSPS) is 10.4. The van der Waals surface area contributed by atoms with Gasteiger partial charge in [0.15, 0.2) is 28.8 Å².